The molecule has 2 N–H and O–H groups in total. The van der Waals surface area contributed by atoms with Crippen LogP contribution in [0.3, 0.4) is 0 Å². The van der Waals surface area contributed by atoms with Crippen molar-refractivity contribution in [3.05, 3.63) is 29.3 Å². The Kier molecular flexibility index (Phi) is 6.59. The third-order valence-corrected chi connectivity index (χ3v) is 4.86. The van der Waals surface area contributed by atoms with Crippen molar-refractivity contribution in [3.63, 3.8) is 0 Å². The Morgan fingerprint density at radius 1 is 1.20 bits per heavy atom. The van der Waals surface area contributed by atoms with Crippen molar-refractivity contribution in [3.8, 4) is 0 Å². The summed E-state index contributed by atoms with van der Waals surface area (Å²) >= 11 is 0. The molecule has 1 amide bonds. The summed E-state index contributed by atoms with van der Waals surface area (Å²) in [7, 11) is 0. The molecule has 0 bridgehead atoms. The molecule has 0 saturated carbocycles. The number of anilines is 1. The quantitative estimate of drug-likeness (QED) is 0.824. The number of nitrogens with zero attached hydrogens (tertiary/aromatic N) is 1. The van der Waals surface area contributed by atoms with Crippen LogP contribution in [0.5, 0.6) is 0 Å². The number of rotatable bonds is 6. The van der Waals surface area contributed by atoms with Gasteiger partial charge in [-0.05, 0) is 42.3 Å². The van der Waals surface area contributed by atoms with E-state index in [1.807, 2.05) is 11.0 Å². The second-order valence-corrected chi connectivity index (χ2v) is 7.58. The van der Waals surface area contributed by atoms with Gasteiger partial charge in [0.2, 0.25) is 5.91 Å². The third kappa shape index (κ3) is 5.05. The summed E-state index contributed by atoms with van der Waals surface area (Å²) in [5.74, 6) is -0.560. The lowest BCUT2D eigenvalue weighted by atomic mass is 9.92. The Balaban J connectivity index is 2.11. The number of para-hydroxylation sites is 1. The van der Waals surface area contributed by atoms with E-state index in [0.717, 1.165) is 29.8 Å². The zero-order chi connectivity index (χ0) is 18.6. The molecule has 5 heteroatoms. The molecule has 1 aliphatic heterocycles. The van der Waals surface area contributed by atoms with E-state index in [9.17, 15) is 14.7 Å². The van der Waals surface area contributed by atoms with Crippen LogP contribution < -0.4 is 5.32 Å². The average molecular weight is 346 g/mol. The molecule has 25 heavy (non-hydrogen) atoms. The van der Waals surface area contributed by atoms with Gasteiger partial charge in [-0.1, -0.05) is 45.9 Å². The summed E-state index contributed by atoms with van der Waals surface area (Å²) in [5.41, 5.74) is 3.20. The highest BCUT2D eigenvalue weighted by Crippen LogP contribution is 2.32. The van der Waals surface area contributed by atoms with Gasteiger partial charge in [-0.3, -0.25) is 14.5 Å². The van der Waals surface area contributed by atoms with Crippen LogP contribution in [0, 0.1) is 5.92 Å². The lowest BCUT2D eigenvalue weighted by molar-refractivity contribution is -0.144. The number of hydrogen-bond acceptors (Lipinski definition) is 3. The zero-order valence-corrected chi connectivity index (χ0v) is 15.7. The van der Waals surface area contributed by atoms with E-state index >= 15 is 0 Å². The number of nitrogens with one attached hydrogen (secondary N) is 1. The summed E-state index contributed by atoms with van der Waals surface area (Å²) in [5, 5.41) is 12.3. The monoisotopic (exact) mass is 346 g/mol. The highest BCUT2D eigenvalue weighted by molar-refractivity contribution is 5.94. The van der Waals surface area contributed by atoms with E-state index in [2.05, 4.69) is 45.1 Å². The first kappa shape index (κ1) is 19.4. The van der Waals surface area contributed by atoms with E-state index < -0.39 is 5.97 Å². The van der Waals surface area contributed by atoms with Crippen molar-refractivity contribution < 1.29 is 14.7 Å². The lowest BCUT2D eigenvalue weighted by Gasteiger charge is -2.30. The minimum atomic E-state index is -0.766. The molecule has 1 aromatic carbocycles. The molecule has 0 aliphatic carbocycles. The number of likely N-dealkylation sites (tertiary alicyclic amines) is 1. The normalized spacial score (nSPS) is 18.6. The Bertz CT molecular complexity index is 599. The zero-order valence-electron chi connectivity index (χ0n) is 15.7. The predicted molar refractivity (Wildman–Crippen MR) is 100 cm³/mol. The van der Waals surface area contributed by atoms with E-state index in [0.29, 0.717) is 24.8 Å². The molecule has 0 aromatic heterocycles. The van der Waals surface area contributed by atoms with E-state index in [1.165, 1.54) is 0 Å². The summed E-state index contributed by atoms with van der Waals surface area (Å²) < 4.78 is 0. The highest BCUT2D eigenvalue weighted by Gasteiger charge is 2.26. The summed E-state index contributed by atoms with van der Waals surface area (Å²) in [6.07, 6.45) is 1.52. The Hall–Kier alpha value is -1.88. The van der Waals surface area contributed by atoms with Gasteiger partial charge < -0.3 is 10.4 Å². The standard InChI is InChI=1S/C20H30N2O3/c1-13(2)16-8-5-9-17(14(3)4)19(16)21-18(23)12-22-10-6-7-15(11-22)20(24)25/h5,8-9,13-15H,6-7,10-12H2,1-4H3,(H,21,23)(H,24,25). The predicted octanol–water partition coefficient (Wildman–Crippen LogP) is 3.67. The van der Waals surface area contributed by atoms with Crippen LogP contribution in [0.25, 0.3) is 0 Å². The van der Waals surface area contributed by atoms with Crippen molar-refractivity contribution in [2.75, 3.05) is 25.0 Å². The molecule has 1 fully saturated rings. The first-order valence-corrected chi connectivity index (χ1v) is 9.17. The number of piperidine rings is 1. The van der Waals surface area contributed by atoms with Gasteiger partial charge in [0, 0.05) is 12.2 Å². The van der Waals surface area contributed by atoms with Gasteiger partial charge in [0.05, 0.1) is 12.5 Å². The largest absolute Gasteiger partial charge is 0.481 e. The summed E-state index contributed by atoms with van der Waals surface area (Å²) in [6.45, 7) is 9.96. The Morgan fingerprint density at radius 3 is 2.32 bits per heavy atom. The van der Waals surface area contributed by atoms with Crippen molar-refractivity contribution in [1.82, 2.24) is 4.90 Å². The molecule has 0 radical (unpaired) electrons. The molecule has 1 saturated heterocycles. The van der Waals surface area contributed by atoms with Crippen molar-refractivity contribution in [2.24, 2.45) is 5.92 Å². The maximum atomic E-state index is 12.6. The molecule has 5 nitrogen and oxygen atoms in total. The van der Waals surface area contributed by atoms with E-state index in [4.69, 9.17) is 0 Å². The van der Waals surface area contributed by atoms with Gasteiger partial charge in [-0.2, -0.15) is 0 Å². The lowest BCUT2D eigenvalue weighted by Crippen LogP contribution is -2.42. The van der Waals surface area contributed by atoms with Gasteiger partial charge in [-0.25, -0.2) is 0 Å². The smallest absolute Gasteiger partial charge is 0.307 e. The van der Waals surface area contributed by atoms with Crippen LogP contribution in [0.4, 0.5) is 5.69 Å². The molecular formula is C20H30N2O3. The fraction of sp³-hybridized carbons (Fsp3) is 0.600. The SMILES string of the molecule is CC(C)c1cccc(C(C)C)c1NC(=O)CN1CCCC(C(=O)O)C1. The Morgan fingerprint density at radius 2 is 1.80 bits per heavy atom. The highest BCUT2D eigenvalue weighted by atomic mass is 16.4. The topological polar surface area (TPSA) is 69.6 Å². The van der Waals surface area contributed by atoms with Crippen molar-refractivity contribution in [2.45, 2.75) is 52.4 Å². The first-order valence-electron chi connectivity index (χ1n) is 9.17. The first-order chi connectivity index (χ1) is 11.8. The van der Waals surface area contributed by atoms with Crippen LogP contribution in [0.1, 0.15) is 63.5 Å². The molecule has 1 heterocycles. The number of aliphatic carboxylic acids is 1. The van der Waals surface area contributed by atoms with Crippen LogP contribution in [0.15, 0.2) is 18.2 Å². The van der Waals surface area contributed by atoms with E-state index in [-0.39, 0.29) is 18.4 Å². The fourth-order valence-corrected chi connectivity index (χ4v) is 3.48. The molecule has 0 spiro atoms. The maximum Gasteiger partial charge on any atom is 0.307 e. The molecule has 138 valence electrons. The average Bonchev–Trinajstić information content (AvgIpc) is 2.54. The van der Waals surface area contributed by atoms with Crippen molar-refractivity contribution in [1.29, 1.82) is 0 Å². The minimum absolute atomic E-state index is 0.0685. The summed E-state index contributed by atoms with van der Waals surface area (Å²) in [6, 6.07) is 6.17. The molecule has 1 unspecified atom stereocenters. The number of amides is 1. The third-order valence-electron chi connectivity index (χ3n) is 4.86. The fourth-order valence-electron chi connectivity index (χ4n) is 3.48. The number of hydrogen-bond donors (Lipinski definition) is 2. The Labute approximate surface area is 150 Å². The van der Waals surface area contributed by atoms with Gasteiger partial charge in [0.15, 0.2) is 0 Å². The molecule has 1 aromatic rings. The maximum absolute atomic E-state index is 12.6. The molecule has 1 atom stereocenters. The van der Waals surface area contributed by atoms with Crippen molar-refractivity contribution >= 4 is 17.6 Å². The van der Waals surface area contributed by atoms with Crippen LogP contribution >= 0.6 is 0 Å². The number of carboxylic acid groups (broad SMARTS) is 1. The molecule has 2 rings (SSSR count). The number of carboxylic acids is 1. The van der Waals surface area contributed by atoms with E-state index in [1.54, 1.807) is 0 Å². The van der Waals surface area contributed by atoms with Crippen LogP contribution in [0.2, 0.25) is 0 Å². The molecule has 1 aliphatic rings. The van der Waals surface area contributed by atoms with Crippen LogP contribution in [-0.4, -0.2) is 41.5 Å². The van der Waals surface area contributed by atoms with Gasteiger partial charge in [-0.15, -0.1) is 0 Å². The second-order valence-electron chi connectivity index (χ2n) is 7.58. The van der Waals surface area contributed by atoms with Gasteiger partial charge >= 0.3 is 5.97 Å². The second kappa shape index (κ2) is 8.48. The van der Waals surface area contributed by atoms with Gasteiger partial charge in [0.1, 0.15) is 0 Å². The van der Waals surface area contributed by atoms with Crippen LogP contribution in [-0.2, 0) is 9.59 Å². The number of carbonyl (C=O) groups excluding carboxylic acids is 1. The number of benzene rings is 1. The molecular weight excluding hydrogens is 316 g/mol. The van der Waals surface area contributed by atoms with Gasteiger partial charge in [0.25, 0.3) is 0 Å². The number of carbonyl (C=O) groups is 2. The minimum Gasteiger partial charge on any atom is -0.481 e. The summed E-state index contributed by atoms with van der Waals surface area (Å²) in [4.78, 5) is 25.7.